The van der Waals surface area contributed by atoms with E-state index in [1.807, 2.05) is 0 Å². The Morgan fingerprint density at radius 2 is 2.20 bits per heavy atom. The third kappa shape index (κ3) is 5.59. The summed E-state index contributed by atoms with van der Waals surface area (Å²) in [6.07, 6.45) is 3.88. The molecule has 1 aliphatic heterocycles. The minimum atomic E-state index is 0.328. The summed E-state index contributed by atoms with van der Waals surface area (Å²) >= 11 is 0. The molecular formula is C10H21N3O2. The molecule has 0 aromatic carbocycles. The van der Waals surface area contributed by atoms with Gasteiger partial charge in [-0.2, -0.15) is 0 Å². The summed E-state index contributed by atoms with van der Waals surface area (Å²) in [5.41, 5.74) is 5.38. The van der Waals surface area contributed by atoms with Crippen molar-refractivity contribution in [3.05, 3.63) is 0 Å². The van der Waals surface area contributed by atoms with Crippen molar-refractivity contribution in [2.75, 3.05) is 32.8 Å². The van der Waals surface area contributed by atoms with Crippen LogP contribution in [-0.4, -0.2) is 48.8 Å². The van der Waals surface area contributed by atoms with E-state index in [0.717, 1.165) is 52.1 Å². The van der Waals surface area contributed by atoms with Crippen molar-refractivity contribution in [3.8, 4) is 0 Å². The minimum Gasteiger partial charge on any atom is -0.409 e. The standard InChI is InChI=1S/C10H21N3O2/c11-10(12-14)4-1-2-5-13-6-3-8-15-9-7-13/h14H,1-9H2,(H2,11,12). The number of rotatable bonds is 5. The monoisotopic (exact) mass is 215 g/mol. The van der Waals surface area contributed by atoms with Gasteiger partial charge in [-0.15, -0.1) is 0 Å². The van der Waals surface area contributed by atoms with E-state index in [-0.39, 0.29) is 0 Å². The molecule has 0 aromatic heterocycles. The van der Waals surface area contributed by atoms with Crippen molar-refractivity contribution in [1.82, 2.24) is 4.90 Å². The van der Waals surface area contributed by atoms with E-state index < -0.39 is 0 Å². The van der Waals surface area contributed by atoms with Crippen molar-refractivity contribution < 1.29 is 9.94 Å². The van der Waals surface area contributed by atoms with Crippen LogP contribution >= 0.6 is 0 Å². The van der Waals surface area contributed by atoms with Crippen LogP contribution in [-0.2, 0) is 4.74 Å². The summed E-state index contributed by atoms with van der Waals surface area (Å²) in [4.78, 5) is 2.42. The molecule has 1 rings (SSSR count). The van der Waals surface area contributed by atoms with Gasteiger partial charge in [0, 0.05) is 26.1 Å². The molecule has 1 fully saturated rings. The van der Waals surface area contributed by atoms with Gasteiger partial charge in [0.2, 0.25) is 0 Å². The molecule has 0 bridgehead atoms. The fourth-order valence-corrected chi connectivity index (χ4v) is 1.71. The molecule has 5 nitrogen and oxygen atoms in total. The molecule has 0 unspecified atom stereocenters. The lowest BCUT2D eigenvalue weighted by molar-refractivity contribution is 0.141. The van der Waals surface area contributed by atoms with E-state index in [2.05, 4.69) is 10.1 Å². The lowest BCUT2D eigenvalue weighted by atomic mass is 10.2. The summed E-state index contributed by atoms with van der Waals surface area (Å²) < 4.78 is 5.37. The molecule has 1 aliphatic rings. The molecule has 5 heteroatoms. The first kappa shape index (κ1) is 12.3. The summed E-state index contributed by atoms with van der Waals surface area (Å²) in [5.74, 6) is 0.328. The Morgan fingerprint density at radius 1 is 1.33 bits per heavy atom. The highest BCUT2D eigenvalue weighted by molar-refractivity contribution is 5.79. The van der Waals surface area contributed by atoms with Crippen molar-refractivity contribution in [3.63, 3.8) is 0 Å². The Kier molecular flexibility index (Phi) is 6.11. The number of unbranched alkanes of at least 4 members (excludes halogenated alkanes) is 1. The zero-order chi connectivity index (χ0) is 10.9. The van der Waals surface area contributed by atoms with E-state index in [0.29, 0.717) is 12.3 Å². The van der Waals surface area contributed by atoms with Crippen LogP contribution in [0.4, 0.5) is 0 Å². The molecule has 1 heterocycles. The SMILES string of the molecule is NC(CCCCN1CCCOCC1)=NO. The summed E-state index contributed by atoms with van der Waals surface area (Å²) in [7, 11) is 0. The molecule has 0 radical (unpaired) electrons. The molecule has 0 amide bonds. The van der Waals surface area contributed by atoms with E-state index in [1.165, 1.54) is 0 Å². The van der Waals surface area contributed by atoms with Gasteiger partial charge in [-0.25, -0.2) is 0 Å². The van der Waals surface area contributed by atoms with E-state index >= 15 is 0 Å². The second-order valence-electron chi connectivity index (χ2n) is 3.86. The molecule has 1 saturated heterocycles. The zero-order valence-corrected chi connectivity index (χ0v) is 9.19. The lowest BCUT2D eigenvalue weighted by Gasteiger charge is -2.18. The second kappa shape index (κ2) is 7.48. The molecular weight excluding hydrogens is 194 g/mol. The van der Waals surface area contributed by atoms with Crippen molar-refractivity contribution in [2.45, 2.75) is 25.7 Å². The van der Waals surface area contributed by atoms with E-state index in [4.69, 9.17) is 15.7 Å². The topological polar surface area (TPSA) is 71.1 Å². The first-order valence-corrected chi connectivity index (χ1v) is 5.59. The number of ether oxygens (including phenoxy) is 1. The fourth-order valence-electron chi connectivity index (χ4n) is 1.71. The predicted octanol–water partition coefficient (Wildman–Crippen LogP) is 0.625. The number of amidine groups is 1. The molecule has 88 valence electrons. The van der Waals surface area contributed by atoms with Crippen LogP contribution in [0.15, 0.2) is 5.16 Å². The number of nitrogens with zero attached hydrogens (tertiary/aromatic N) is 2. The fraction of sp³-hybridized carbons (Fsp3) is 0.900. The lowest BCUT2D eigenvalue weighted by Crippen LogP contribution is -2.27. The van der Waals surface area contributed by atoms with Crippen molar-refractivity contribution in [1.29, 1.82) is 0 Å². The number of nitrogens with two attached hydrogens (primary N) is 1. The quantitative estimate of drug-likeness (QED) is 0.232. The zero-order valence-electron chi connectivity index (χ0n) is 9.19. The second-order valence-corrected chi connectivity index (χ2v) is 3.86. The van der Waals surface area contributed by atoms with Crippen LogP contribution in [0.1, 0.15) is 25.7 Å². The minimum absolute atomic E-state index is 0.328. The average molecular weight is 215 g/mol. The van der Waals surface area contributed by atoms with Crippen LogP contribution in [0.3, 0.4) is 0 Å². The van der Waals surface area contributed by atoms with Gasteiger partial charge in [-0.3, -0.25) is 0 Å². The van der Waals surface area contributed by atoms with Crippen LogP contribution in [0.5, 0.6) is 0 Å². The molecule has 0 atom stereocenters. The highest BCUT2D eigenvalue weighted by Gasteiger charge is 2.08. The molecule has 0 aromatic rings. The van der Waals surface area contributed by atoms with Crippen LogP contribution < -0.4 is 5.73 Å². The van der Waals surface area contributed by atoms with Gasteiger partial charge >= 0.3 is 0 Å². The number of hydrogen-bond donors (Lipinski definition) is 2. The Morgan fingerprint density at radius 3 is 3.00 bits per heavy atom. The van der Waals surface area contributed by atoms with Gasteiger partial charge in [0.25, 0.3) is 0 Å². The van der Waals surface area contributed by atoms with Gasteiger partial charge in [0.1, 0.15) is 5.84 Å². The maximum absolute atomic E-state index is 8.36. The first-order valence-electron chi connectivity index (χ1n) is 5.59. The average Bonchev–Trinajstić information content (AvgIpc) is 2.52. The van der Waals surface area contributed by atoms with Crippen LogP contribution in [0, 0.1) is 0 Å². The normalized spacial score (nSPS) is 20.1. The maximum Gasteiger partial charge on any atom is 0.139 e. The Balaban J connectivity index is 2.03. The smallest absolute Gasteiger partial charge is 0.139 e. The number of oxime groups is 1. The highest BCUT2D eigenvalue weighted by atomic mass is 16.5. The van der Waals surface area contributed by atoms with Gasteiger partial charge in [0.05, 0.1) is 6.61 Å². The highest BCUT2D eigenvalue weighted by Crippen LogP contribution is 2.03. The molecule has 15 heavy (non-hydrogen) atoms. The summed E-state index contributed by atoms with van der Waals surface area (Å²) in [6.45, 7) is 4.98. The third-order valence-corrected chi connectivity index (χ3v) is 2.60. The molecule has 0 spiro atoms. The Labute approximate surface area is 90.9 Å². The van der Waals surface area contributed by atoms with E-state index in [1.54, 1.807) is 0 Å². The van der Waals surface area contributed by atoms with Crippen molar-refractivity contribution in [2.24, 2.45) is 10.9 Å². The van der Waals surface area contributed by atoms with Gasteiger partial charge in [-0.1, -0.05) is 5.16 Å². The van der Waals surface area contributed by atoms with Gasteiger partial charge < -0.3 is 20.6 Å². The third-order valence-electron chi connectivity index (χ3n) is 2.60. The summed E-state index contributed by atoms with van der Waals surface area (Å²) in [6, 6.07) is 0. The predicted molar refractivity (Wildman–Crippen MR) is 59.1 cm³/mol. The number of hydrogen-bond acceptors (Lipinski definition) is 4. The summed E-state index contributed by atoms with van der Waals surface area (Å²) in [5, 5.41) is 11.3. The first-order chi connectivity index (χ1) is 7.33. The van der Waals surface area contributed by atoms with Crippen LogP contribution in [0.2, 0.25) is 0 Å². The van der Waals surface area contributed by atoms with Gasteiger partial charge in [-0.05, 0) is 25.8 Å². The largest absolute Gasteiger partial charge is 0.409 e. The molecule has 0 aliphatic carbocycles. The molecule has 0 saturated carbocycles. The van der Waals surface area contributed by atoms with Crippen LogP contribution in [0.25, 0.3) is 0 Å². The maximum atomic E-state index is 8.36. The van der Waals surface area contributed by atoms with Gasteiger partial charge in [0.15, 0.2) is 0 Å². The van der Waals surface area contributed by atoms with Crippen molar-refractivity contribution >= 4 is 5.84 Å². The van der Waals surface area contributed by atoms with E-state index in [9.17, 15) is 0 Å². The Hall–Kier alpha value is -0.810. The molecule has 3 N–H and O–H groups in total. The Bertz CT molecular complexity index is 189.